The van der Waals surface area contributed by atoms with Crippen LogP contribution < -0.4 is 10.1 Å². The van der Waals surface area contributed by atoms with Crippen LogP contribution in [-0.2, 0) is 0 Å². The van der Waals surface area contributed by atoms with Crippen molar-refractivity contribution in [3.63, 3.8) is 0 Å². The molecule has 1 atom stereocenters. The zero-order valence-corrected chi connectivity index (χ0v) is 9.92. The van der Waals surface area contributed by atoms with Crippen LogP contribution in [0.1, 0.15) is 27.2 Å². The first kappa shape index (κ1) is 11.9. The van der Waals surface area contributed by atoms with Crippen molar-refractivity contribution in [3.05, 3.63) is 24.3 Å². The molecule has 0 radical (unpaired) electrons. The summed E-state index contributed by atoms with van der Waals surface area (Å²) >= 11 is 0. The Morgan fingerprint density at radius 2 is 2.00 bits per heavy atom. The molecule has 0 saturated carbocycles. The highest BCUT2D eigenvalue weighted by molar-refractivity contribution is 5.56. The number of anilines is 1. The third-order valence-corrected chi connectivity index (χ3v) is 2.52. The molecule has 84 valence electrons. The van der Waals surface area contributed by atoms with E-state index in [0.717, 1.165) is 18.0 Å². The highest BCUT2D eigenvalue weighted by Gasteiger charge is 2.03. The van der Waals surface area contributed by atoms with E-state index in [1.54, 1.807) is 0 Å². The predicted octanol–water partition coefficient (Wildman–Crippen LogP) is 3.54. The summed E-state index contributed by atoms with van der Waals surface area (Å²) in [6.45, 7) is 8.17. The molecule has 2 heteroatoms. The fraction of sp³-hybridized carbons (Fsp3) is 0.538. The molecule has 0 aromatic heterocycles. The van der Waals surface area contributed by atoms with Gasteiger partial charge in [0.25, 0.3) is 0 Å². The molecule has 0 bridgehead atoms. The molecule has 0 aliphatic rings. The summed E-state index contributed by atoms with van der Waals surface area (Å²) in [5.74, 6) is 1.64. The van der Waals surface area contributed by atoms with Gasteiger partial charge in [0.15, 0.2) is 0 Å². The van der Waals surface area contributed by atoms with Crippen LogP contribution in [0.15, 0.2) is 24.3 Å². The van der Waals surface area contributed by atoms with Crippen molar-refractivity contribution in [2.75, 3.05) is 18.5 Å². The van der Waals surface area contributed by atoms with E-state index in [4.69, 9.17) is 4.74 Å². The Hall–Kier alpha value is -1.18. The Bertz CT molecular complexity index is 286. The van der Waals surface area contributed by atoms with E-state index in [-0.39, 0.29) is 0 Å². The average Bonchev–Trinajstić information content (AvgIpc) is 2.28. The van der Waals surface area contributed by atoms with Crippen LogP contribution in [0.5, 0.6) is 5.75 Å². The van der Waals surface area contributed by atoms with Gasteiger partial charge in [0.1, 0.15) is 5.75 Å². The third-order valence-electron chi connectivity index (χ3n) is 2.52. The second kappa shape index (κ2) is 6.33. The highest BCUT2D eigenvalue weighted by Crippen LogP contribution is 2.23. The molecule has 1 N–H and O–H groups in total. The molecular weight excluding hydrogens is 186 g/mol. The van der Waals surface area contributed by atoms with E-state index in [1.807, 2.05) is 25.1 Å². The predicted molar refractivity (Wildman–Crippen MR) is 65.6 cm³/mol. The molecule has 0 unspecified atom stereocenters. The van der Waals surface area contributed by atoms with Crippen molar-refractivity contribution < 1.29 is 4.74 Å². The first-order chi connectivity index (χ1) is 7.27. The van der Waals surface area contributed by atoms with Gasteiger partial charge < -0.3 is 10.1 Å². The zero-order valence-electron chi connectivity index (χ0n) is 9.92. The lowest BCUT2D eigenvalue weighted by atomic mass is 10.1. The van der Waals surface area contributed by atoms with Crippen LogP contribution in [0.25, 0.3) is 0 Å². The Morgan fingerprint density at radius 3 is 2.67 bits per heavy atom. The molecule has 0 amide bonds. The molecule has 1 aromatic carbocycles. The van der Waals surface area contributed by atoms with Gasteiger partial charge in [-0.15, -0.1) is 0 Å². The monoisotopic (exact) mass is 207 g/mol. The van der Waals surface area contributed by atoms with Crippen molar-refractivity contribution in [3.8, 4) is 5.75 Å². The topological polar surface area (TPSA) is 21.3 Å². The summed E-state index contributed by atoms with van der Waals surface area (Å²) in [6.07, 6.45) is 1.20. The molecule has 0 aliphatic heterocycles. The number of ether oxygens (including phenoxy) is 1. The second-order valence-corrected chi connectivity index (χ2v) is 3.82. The van der Waals surface area contributed by atoms with E-state index in [1.165, 1.54) is 6.42 Å². The number of para-hydroxylation sites is 2. The average molecular weight is 207 g/mol. The van der Waals surface area contributed by atoms with Crippen LogP contribution in [0.2, 0.25) is 0 Å². The summed E-state index contributed by atoms with van der Waals surface area (Å²) in [5.41, 5.74) is 1.10. The number of nitrogens with one attached hydrogen (secondary N) is 1. The SMILES string of the molecule is CCOc1ccccc1NC[C@H](C)CC. The fourth-order valence-electron chi connectivity index (χ4n) is 1.32. The molecule has 2 nitrogen and oxygen atoms in total. The quantitative estimate of drug-likeness (QED) is 0.770. The zero-order chi connectivity index (χ0) is 11.1. The van der Waals surface area contributed by atoms with E-state index in [9.17, 15) is 0 Å². The summed E-state index contributed by atoms with van der Waals surface area (Å²) in [4.78, 5) is 0. The molecule has 0 aliphatic carbocycles. The van der Waals surface area contributed by atoms with Gasteiger partial charge in [0.2, 0.25) is 0 Å². The van der Waals surface area contributed by atoms with Gasteiger partial charge in [0.05, 0.1) is 12.3 Å². The number of hydrogen-bond acceptors (Lipinski definition) is 2. The second-order valence-electron chi connectivity index (χ2n) is 3.82. The van der Waals surface area contributed by atoms with Crippen molar-refractivity contribution in [1.29, 1.82) is 0 Å². The maximum atomic E-state index is 5.54. The van der Waals surface area contributed by atoms with Crippen LogP contribution in [0.4, 0.5) is 5.69 Å². The first-order valence-electron chi connectivity index (χ1n) is 5.73. The molecule has 0 saturated heterocycles. The van der Waals surface area contributed by atoms with Gasteiger partial charge in [0, 0.05) is 6.54 Å². The highest BCUT2D eigenvalue weighted by atomic mass is 16.5. The molecule has 1 aromatic rings. The van der Waals surface area contributed by atoms with Crippen molar-refractivity contribution in [1.82, 2.24) is 0 Å². The molecule has 0 fully saturated rings. The van der Waals surface area contributed by atoms with Crippen LogP contribution in [0, 0.1) is 5.92 Å². The Balaban J connectivity index is 2.58. The molecule has 15 heavy (non-hydrogen) atoms. The maximum Gasteiger partial charge on any atom is 0.142 e. The fourth-order valence-corrected chi connectivity index (χ4v) is 1.32. The first-order valence-corrected chi connectivity index (χ1v) is 5.73. The normalized spacial score (nSPS) is 12.2. The van der Waals surface area contributed by atoms with Crippen molar-refractivity contribution in [2.45, 2.75) is 27.2 Å². The summed E-state index contributed by atoms with van der Waals surface area (Å²) in [6, 6.07) is 8.09. The molecular formula is C13H21NO. The van der Waals surface area contributed by atoms with Gasteiger partial charge in [-0.3, -0.25) is 0 Å². The summed E-state index contributed by atoms with van der Waals surface area (Å²) in [7, 11) is 0. The lowest BCUT2D eigenvalue weighted by Crippen LogP contribution is -2.11. The van der Waals surface area contributed by atoms with Gasteiger partial charge in [-0.1, -0.05) is 32.4 Å². The minimum Gasteiger partial charge on any atom is -0.492 e. The van der Waals surface area contributed by atoms with Crippen molar-refractivity contribution >= 4 is 5.69 Å². The molecule has 0 heterocycles. The van der Waals surface area contributed by atoms with Gasteiger partial charge in [-0.05, 0) is 25.0 Å². The van der Waals surface area contributed by atoms with Gasteiger partial charge in [-0.25, -0.2) is 0 Å². The minimum atomic E-state index is 0.694. The number of hydrogen-bond donors (Lipinski definition) is 1. The van der Waals surface area contributed by atoms with Gasteiger partial charge >= 0.3 is 0 Å². The van der Waals surface area contributed by atoms with Crippen LogP contribution in [-0.4, -0.2) is 13.2 Å². The van der Waals surface area contributed by atoms with Crippen LogP contribution in [0.3, 0.4) is 0 Å². The van der Waals surface area contributed by atoms with E-state index >= 15 is 0 Å². The Morgan fingerprint density at radius 1 is 1.27 bits per heavy atom. The molecule has 0 spiro atoms. The summed E-state index contributed by atoms with van der Waals surface area (Å²) < 4.78 is 5.54. The smallest absolute Gasteiger partial charge is 0.142 e. The number of rotatable bonds is 6. The van der Waals surface area contributed by atoms with Crippen LogP contribution >= 0.6 is 0 Å². The Labute approximate surface area is 92.6 Å². The standard InChI is InChI=1S/C13H21NO/c1-4-11(3)10-14-12-8-6-7-9-13(12)15-5-2/h6-9,11,14H,4-5,10H2,1-3H3/t11-/m1/s1. The van der Waals surface area contributed by atoms with E-state index in [0.29, 0.717) is 12.5 Å². The lowest BCUT2D eigenvalue weighted by Gasteiger charge is -2.14. The molecule has 1 rings (SSSR count). The third kappa shape index (κ3) is 3.82. The maximum absolute atomic E-state index is 5.54. The summed E-state index contributed by atoms with van der Waals surface area (Å²) in [5, 5.41) is 3.42. The largest absolute Gasteiger partial charge is 0.492 e. The Kier molecular flexibility index (Phi) is 5.02. The van der Waals surface area contributed by atoms with Crippen molar-refractivity contribution in [2.24, 2.45) is 5.92 Å². The van der Waals surface area contributed by atoms with Gasteiger partial charge in [-0.2, -0.15) is 0 Å². The number of benzene rings is 1. The van der Waals surface area contributed by atoms with E-state index < -0.39 is 0 Å². The lowest BCUT2D eigenvalue weighted by molar-refractivity contribution is 0.341. The minimum absolute atomic E-state index is 0.694. The van der Waals surface area contributed by atoms with E-state index in [2.05, 4.69) is 25.2 Å².